The van der Waals surface area contributed by atoms with E-state index in [2.05, 4.69) is 5.32 Å². The van der Waals surface area contributed by atoms with Gasteiger partial charge in [0.1, 0.15) is 0 Å². The van der Waals surface area contributed by atoms with Crippen LogP contribution in [0.3, 0.4) is 0 Å². The van der Waals surface area contributed by atoms with Crippen LogP contribution in [-0.2, 0) is 19.1 Å². The van der Waals surface area contributed by atoms with Crippen LogP contribution in [0.1, 0.15) is 31.7 Å². The molecule has 6 nitrogen and oxygen atoms in total. The van der Waals surface area contributed by atoms with Crippen molar-refractivity contribution in [1.82, 2.24) is 4.90 Å². The smallest absolute Gasteiger partial charge is 0.309 e. The van der Waals surface area contributed by atoms with E-state index in [-0.39, 0.29) is 30.9 Å². The summed E-state index contributed by atoms with van der Waals surface area (Å²) in [5, 5.41) is 3.27. The van der Waals surface area contributed by atoms with Gasteiger partial charge in [-0.25, -0.2) is 0 Å². The van der Waals surface area contributed by atoms with Crippen molar-refractivity contribution < 1.29 is 19.1 Å². The normalized spacial score (nSPS) is 15.9. The van der Waals surface area contributed by atoms with Crippen LogP contribution in [0, 0.1) is 12.8 Å². The summed E-state index contributed by atoms with van der Waals surface area (Å²) in [5.74, 6) is -1.27. The number of hydrogen-bond donors (Lipinski definition) is 1. The minimum Gasteiger partial charge on any atom is -0.455 e. The molecule has 0 bridgehead atoms. The lowest BCUT2D eigenvalue weighted by Crippen LogP contribution is -2.40. The molecular formula is C20H25ClN2O4. The highest BCUT2D eigenvalue weighted by atomic mass is 35.5. The number of nitrogens with one attached hydrogen (secondary N) is 1. The molecule has 1 atom stereocenters. The van der Waals surface area contributed by atoms with E-state index < -0.39 is 5.91 Å². The molecule has 1 N–H and O–H groups in total. The number of carbonyl (C=O) groups is 3. The Kier molecular flexibility index (Phi) is 7.85. The average Bonchev–Trinajstić information content (AvgIpc) is 2.67. The van der Waals surface area contributed by atoms with Crippen molar-refractivity contribution in [1.29, 1.82) is 0 Å². The second-order valence-corrected chi connectivity index (χ2v) is 6.94. The van der Waals surface area contributed by atoms with Crippen molar-refractivity contribution in [2.24, 2.45) is 5.92 Å². The molecule has 2 rings (SSSR count). The summed E-state index contributed by atoms with van der Waals surface area (Å²) in [6.07, 6.45) is 6.22. The number of esters is 1. The average molecular weight is 393 g/mol. The summed E-state index contributed by atoms with van der Waals surface area (Å²) in [4.78, 5) is 38.0. The van der Waals surface area contributed by atoms with Crippen LogP contribution in [0.2, 0.25) is 5.02 Å². The highest BCUT2D eigenvalue weighted by Gasteiger charge is 2.23. The van der Waals surface area contributed by atoms with Crippen LogP contribution in [-0.4, -0.2) is 42.4 Å². The van der Waals surface area contributed by atoms with E-state index in [1.807, 2.05) is 19.1 Å². The second-order valence-electron chi connectivity index (χ2n) is 6.50. The number of allylic oxidation sites excluding steroid dienone is 2. The molecule has 2 amide bonds. The molecule has 7 heteroatoms. The van der Waals surface area contributed by atoms with E-state index in [0.29, 0.717) is 23.7 Å². The number of anilines is 1. The van der Waals surface area contributed by atoms with E-state index in [0.717, 1.165) is 18.4 Å². The Labute approximate surface area is 164 Å². The largest absolute Gasteiger partial charge is 0.455 e. The first-order valence-electron chi connectivity index (χ1n) is 9.06. The highest BCUT2D eigenvalue weighted by Crippen LogP contribution is 2.20. The minimum absolute atomic E-state index is 0.120. The molecule has 0 unspecified atom stereocenters. The van der Waals surface area contributed by atoms with Crippen molar-refractivity contribution in [2.45, 2.75) is 33.1 Å². The van der Waals surface area contributed by atoms with Crippen LogP contribution < -0.4 is 5.32 Å². The van der Waals surface area contributed by atoms with Gasteiger partial charge < -0.3 is 15.0 Å². The zero-order chi connectivity index (χ0) is 19.8. The number of nitrogens with zero attached hydrogens (tertiary/aromatic N) is 1. The third-order valence-electron chi connectivity index (χ3n) is 4.48. The van der Waals surface area contributed by atoms with Crippen molar-refractivity contribution in [2.75, 3.05) is 25.0 Å². The first-order chi connectivity index (χ1) is 12.9. The Bertz CT molecular complexity index is 733. The lowest BCUT2D eigenvalue weighted by Gasteiger charge is -2.22. The summed E-state index contributed by atoms with van der Waals surface area (Å²) in [7, 11) is 0. The van der Waals surface area contributed by atoms with Crippen molar-refractivity contribution in [3.63, 3.8) is 0 Å². The van der Waals surface area contributed by atoms with E-state index in [9.17, 15) is 14.4 Å². The number of hydrogen-bond acceptors (Lipinski definition) is 4. The van der Waals surface area contributed by atoms with Gasteiger partial charge >= 0.3 is 5.97 Å². The lowest BCUT2D eigenvalue weighted by atomic mass is 9.95. The Hall–Kier alpha value is -2.34. The first-order valence-corrected chi connectivity index (χ1v) is 9.44. The lowest BCUT2D eigenvalue weighted by molar-refractivity contribution is -0.155. The zero-order valence-corrected chi connectivity index (χ0v) is 16.4. The Balaban J connectivity index is 1.84. The van der Waals surface area contributed by atoms with Crippen LogP contribution in [0.25, 0.3) is 0 Å². The molecule has 1 aliphatic rings. The highest BCUT2D eigenvalue weighted by molar-refractivity contribution is 6.31. The quantitative estimate of drug-likeness (QED) is 0.570. The number of carbonyl (C=O) groups excluding carboxylic acids is 3. The van der Waals surface area contributed by atoms with Gasteiger partial charge in [-0.3, -0.25) is 14.4 Å². The zero-order valence-electron chi connectivity index (χ0n) is 15.7. The number of likely N-dealkylation sites (N-methyl/N-ethyl adjacent to an activating group) is 1. The molecule has 146 valence electrons. The van der Waals surface area contributed by atoms with Gasteiger partial charge in [0, 0.05) is 17.3 Å². The topological polar surface area (TPSA) is 75.7 Å². The number of rotatable bonds is 7. The standard InChI is InChI=1S/C20H25ClN2O4/c1-3-23(12-18(24)22-17-11-16(21)10-9-14(17)2)19(25)13-27-20(26)15-7-5-4-6-8-15/h4-5,9-11,15H,3,6-8,12-13H2,1-2H3,(H,22,24)/t15-/m1/s1. The predicted octanol–water partition coefficient (Wildman–Crippen LogP) is 3.33. The van der Waals surface area contributed by atoms with Gasteiger partial charge in [0.05, 0.1) is 12.5 Å². The molecule has 0 saturated heterocycles. The molecule has 27 heavy (non-hydrogen) atoms. The van der Waals surface area contributed by atoms with Crippen LogP contribution >= 0.6 is 11.6 Å². The van der Waals surface area contributed by atoms with Gasteiger partial charge in [-0.2, -0.15) is 0 Å². The molecule has 0 saturated carbocycles. The third-order valence-corrected chi connectivity index (χ3v) is 4.72. The number of ether oxygens (including phenoxy) is 1. The fourth-order valence-electron chi connectivity index (χ4n) is 2.82. The SMILES string of the molecule is CCN(CC(=O)Nc1cc(Cl)ccc1C)C(=O)COC(=O)[C@@H]1CC=CCC1. The van der Waals surface area contributed by atoms with E-state index in [4.69, 9.17) is 16.3 Å². The van der Waals surface area contributed by atoms with Gasteiger partial charge in [-0.15, -0.1) is 0 Å². The van der Waals surface area contributed by atoms with Gasteiger partial charge in [-0.1, -0.05) is 29.8 Å². The van der Waals surface area contributed by atoms with Crippen LogP contribution in [0.5, 0.6) is 0 Å². The summed E-state index contributed by atoms with van der Waals surface area (Å²) in [6, 6.07) is 5.21. The van der Waals surface area contributed by atoms with E-state index >= 15 is 0 Å². The Morgan fingerprint density at radius 1 is 1.30 bits per heavy atom. The monoisotopic (exact) mass is 392 g/mol. The third kappa shape index (κ3) is 6.40. The fraction of sp³-hybridized carbons (Fsp3) is 0.450. The fourth-order valence-corrected chi connectivity index (χ4v) is 2.99. The van der Waals surface area contributed by atoms with E-state index in [1.54, 1.807) is 25.1 Å². The maximum atomic E-state index is 12.3. The molecule has 1 aromatic rings. The number of amides is 2. The van der Waals surface area contributed by atoms with Crippen molar-refractivity contribution >= 4 is 35.1 Å². The number of benzene rings is 1. The summed E-state index contributed by atoms with van der Waals surface area (Å²) in [6.45, 7) is 3.49. The maximum Gasteiger partial charge on any atom is 0.309 e. The maximum absolute atomic E-state index is 12.3. The Morgan fingerprint density at radius 3 is 2.74 bits per heavy atom. The van der Waals surface area contributed by atoms with Gasteiger partial charge in [-0.05, 0) is 50.8 Å². The summed E-state index contributed by atoms with van der Waals surface area (Å²) >= 11 is 5.95. The van der Waals surface area contributed by atoms with Gasteiger partial charge in [0.25, 0.3) is 5.91 Å². The van der Waals surface area contributed by atoms with Crippen LogP contribution in [0.15, 0.2) is 30.4 Å². The van der Waals surface area contributed by atoms with Crippen LogP contribution in [0.4, 0.5) is 5.69 Å². The summed E-state index contributed by atoms with van der Waals surface area (Å²) < 4.78 is 5.15. The number of halogens is 1. The van der Waals surface area contributed by atoms with Gasteiger partial charge in [0.2, 0.25) is 5.91 Å². The van der Waals surface area contributed by atoms with Gasteiger partial charge in [0.15, 0.2) is 6.61 Å². The molecule has 0 aliphatic heterocycles. The molecule has 0 heterocycles. The molecule has 0 fully saturated rings. The Morgan fingerprint density at radius 2 is 2.07 bits per heavy atom. The molecule has 0 radical (unpaired) electrons. The predicted molar refractivity (Wildman–Crippen MR) is 105 cm³/mol. The molecule has 0 spiro atoms. The molecule has 1 aliphatic carbocycles. The second kappa shape index (κ2) is 10.1. The minimum atomic E-state index is -0.393. The van der Waals surface area contributed by atoms with Crippen molar-refractivity contribution in [3.8, 4) is 0 Å². The molecule has 1 aromatic carbocycles. The van der Waals surface area contributed by atoms with E-state index in [1.165, 1.54) is 4.90 Å². The van der Waals surface area contributed by atoms with Crippen molar-refractivity contribution in [3.05, 3.63) is 40.9 Å². The first kappa shape index (κ1) is 21.0. The molecule has 0 aromatic heterocycles. The number of aryl methyl sites for hydroxylation is 1. The molecular weight excluding hydrogens is 368 g/mol. The summed E-state index contributed by atoms with van der Waals surface area (Å²) in [5.41, 5.74) is 1.48.